The van der Waals surface area contributed by atoms with Crippen LogP contribution in [0.5, 0.6) is 0 Å². The average molecular weight is 283 g/mol. The van der Waals surface area contributed by atoms with Gasteiger partial charge in [0.05, 0.1) is 6.10 Å². The van der Waals surface area contributed by atoms with Gasteiger partial charge in [-0.15, -0.1) is 6.42 Å². The fourth-order valence-corrected chi connectivity index (χ4v) is 4.17. The third-order valence-corrected chi connectivity index (χ3v) is 5.31. The molecule has 2 nitrogen and oxygen atoms in total. The van der Waals surface area contributed by atoms with Crippen molar-refractivity contribution >= 4 is 5.69 Å². The molecule has 2 aliphatic carbocycles. The van der Waals surface area contributed by atoms with Crippen molar-refractivity contribution in [2.75, 3.05) is 11.9 Å². The minimum atomic E-state index is 0.348. The fourth-order valence-electron chi connectivity index (χ4n) is 4.17. The molecule has 2 saturated carbocycles. The number of rotatable bonds is 4. The summed E-state index contributed by atoms with van der Waals surface area (Å²) in [4.78, 5) is 0. The van der Waals surface area contributed by atoms with Gasteiger partial charge in [-0.05, 0) is 44.4 Å². The SMILES string of the molecule is C#Cc1cccc(NC2CC(OCC)C23CCCCC3)c1. The largest absolute Gasteiger partial charge is 0.382 e. The monoisotopic (exact) mass is 283 g/mol. The van der Waals surface area contributed by atoms with E-state index in [0.29, 0.717) is 17.6 Å². The molecule has 21 heavy (non-hydrogen) atoms. The topological polar surface area (TPSA) is 21.3 Å². The smallest absolute Gasteiger partial charge is 0.0670 e. The zero-order valence-electron chi connectivity index (χ0n) is 12.9. The van der Waals surface area contributed by atoms with Gasteiger partial charge < -0.3 is 10.1 Å². The van der Waals surface area contributed by atoms with E-state index in [-0.39, 0.29) is 0 Å². The van der Waals surface area contributed by atoms with Gasteiger partial charge in [-0.1, -0.05) is 31.2 Å². The lowest BCUT2D eigenvalue weighted by molar-refractivity contribution is -0.134. The predicted octanol–water partition coefficient (Wildman–Crippen LogP) is 4.21. The second-order valence-electron chi connectivity index (χ2n) is 6.40. The van der Waals surface area contributed by atoms with Crippen molar-refractivity contribution in [1.82, 2.24) is 0 Å². The Hall–Kier alpha value is -1.46. The second kappa shape index (κ2) is 6.12. The van der Waals surface area contributed by atoms with Crippen LogP contribution in [0, 0.1) is 17.8 Å². The van der Waals surface area contributed by atoms with Crippen LogP contribution in [0.3, 0.4) is 0 Å². The average Bonchev–Trinajstić information content (AvgIpc) is 2.55. The first-order valence-electron chi connectivity index (χ1n) is 8.23. The van der Waals surface area contributed by atoms with Gasteiger partial charge in [0, 0.05) is 29.3 Å². The van der Waals surface area contributed by atoms with Crippen LogP contribution in [0.2, 0.25) is 0 Å². The Balaban J connectivity index is 1.74. The lowest BCUT2D eigenvalue weighted by Crippen LogP contribution is -2.62. The minimum Gasteiger partial charge on any atom is -0.382 e. The van der Waals surface area contributed by atoms with E-state index >= 15 is 0 Å². The van der Waals surface area contributed by atoms with E-state index in [1.165, 1.54) is 32.1 Å². The zero-order chi connectivity index (χ0) is 14.7. The first kappa shape index (κ1) is 14.5. The van der Waals surface area contributed by atoms with Gasteiger partial charge in [0.25, 0.3) is 0 Å². The van der Waals surface area contributed by atoms with Crippen molar-refractivity contribution in [2.24, 2.45) is 5.41 Å². The quantitative estimate of drug-likeness (QED) is 0.836. The molecule has 2 fully saturated rings. The van der Waals surface area contributed by atoms with Gasteiger partial charge in [-0.2, -0.15) is 0 Å². The molecule has 0 amide bonds. The summed E-state index contributed by atoms with van der Waals surface area (Å²) < 4.78 is 6.01. The Morgan fingerprint density at radius 1 is 1.33 bits per heavy atom. The van der Waals surface area contributed by atoms with Crippen LogP contribution in [-0.2, 0) is 4.74 Å². The van der Waals surface area contributed by atoms with Crippen LogP contribution < -0.4 is 5.32 Å². The maximum absolute atomic E-state index is 6.01. The van der Waals surface area contributed by atoms with Crippen LogP contribution in [0.25, 0.3) is 0 Å². The molecule has 2 heteroatoms. The lowest BCUT2D eigenvalue weighted by Gasteiger charge is -2.58. The molecule has 0 bridgehead atoms. The Morgan fingerprint density at radius 3 is 2.86 bits per heavy atom. The van der Waals surface area contributed by atoms with Crippen molar-refractivity contribution in [3.05, 3.63) is 29.8 Å². The van der Waals surface area contributed by atoms with E-state index in [1.54, 1.807) is 0 Å². The summed E-state index contributed by atoms with van der Waals surface area (Å²) in [6, 6.07) is 8.73. The van der Waals surface area contributed by atoms with E-state index in [9.17, 15) is 0 Å². The Bertz CT molecular complexity index is 525. The number of terminal acetylenes is 1. The van der Waals surface area contributed by atoms with Crippen molar-refractivity contribution in [3.63, 3.8) is 0 Å². The van der Waals surface area contributed by atoms with E-state index in [2.05, 4.69) is 30.3 Å². The van der Waals surface area contributed by atoms with Crippen LogP contribution in [0.1, 0.15) is 51.0 Å². The molecule has 2 aliphatic rings. The molecule has 1 N–H and O–H groups in total. The third-order valence-electron chi connectivity index (χ3n) is 5.31. The molecule has 1 aromatic carbocycles. The summed E-state index contributed by atoms with van der Waals surface area (Å²) in [5.74, 6) is 2.71. The molecule has 1 spiro atoms. The normalized spacial score (nSPS) is 26.9. The maximum Gasteiger partial charge on any atom is 0.0670 e. The summed E-state index contributed by atoms with van der Waals surface area (Å²) >= 11 is 0. The summed E-state index contributed by atoms with van der Waals surface area (Å²) in [6.07, 6.45) is 13.7. The maximum atomic E-state index is 6.01. The zero-order valence-corrected chi connectivity index (χ0v) is 12.9. The Kier molecular flexibility index (Phi) is 4.22. The highest BCUT2D eigenvalue weighted by Gasteiger charge is 2.55. The molecule has 2 unspecified atom stereocenters. The Morgan fingerprint density at radius 2 is 2.14 bits per heavy atom. The molecular formula is C19H25NO. The van der Waals surface area contributed by atoms with Gasteiger partial charge in [0.2, 0.25) is 0 Å². The van der Waals surface area contributed by atoms with Gasteiger partial charge in [0.1, 0.15) is 0 Å². The molecule has 0 aromatic heterocycles. The number of hydrogen-bond donors (Lipinski definition) is 1. The van der Waals surface area contributed by atoms with Gasteiger partial charge in [-0.3, -0.25) is 0 Å². The van der Waals surface area contributed by atoms with Crippen molar-refractivity contribution in [1.29, 1.82) is 0 Å². The van der Waals surface area contributed by atoms with E-state index in [4.69, 9.17) is 11.2 Å². The molecular weight excluding hydrogens is 258 g/mol. The fraction of sp³-hybridized carbons (Fsp3) is 0.579. The first-order chi connectivity index (χ1) is 10.3. The van der Waals surface area contributed by atoms with E-state index in [0.717, 1.165) is 24.3 Å². The summed E-state index contributed by atoms with van der Waals surface area (Å²) in [6.45, 7) is 2.93. The molecule has 2 atom stereocenters. The van der Waals surface area contributed by atoms with Crippen molar-refractivity contribution < 1.29 is 4.74 Å². The van der Waals surface area contributed by atoms with E-state index in [1.807, 2.05) is 12.1 Å². The predicted molar refractivity (Wildman–Crippen MR) is 87.3 cm³/mol. The molecule has 112 valence electrons. The van der Waals surface area contributed by atoms with Crippen LogP contribution in [0.4, 0.5) is 5.69 Å². The minimum absolute atomic E-state index is 0.348. The van der Waals surface area contributed by atoms with Crippen LogP contribution >= 0.6 is 0 Å². The first-order valence-corrected chi connectivity index (χ1v) is 8.23. The standard InChI is InChI=1S/C19H25NO/c1-3-15-9-8-10-16(13-15)20-17-14-18(21-4-2)19(17)11-6-5-7-12-19/h1,8-10,13,17-18,20H,4-7,11-12,14H2,2H3. The number of hydrogen-bond acceptors (Lipinski definition) is 2. The van der Waals surface area contributed by atoms with Crippen molar-refractivity contribution in [2.45, 2.75) is 57.6 Å². The number of benzene rings is 1. The molecule has 0 saturated heterocycles. The highest BCUT2D eigenvalue weighted by Crippen LogP contribution is 2.54. The molecule has 0 heterocycles. The number of nitrogens with one attached hydrogen (secondary N) is 1. The highest BCUT2D eigenvalue weighted by atomic mass is 16.5. The second-order valence-corrected chi connectivity index (χ2v) is 6.40. The number of anilines is 1. The molecule has 0 aliphatic heterocycles. The highest BCUT2D eigenvalue weighted by molar-refractivity contribution is 5.51. The summed E-state index contributed by atoms with van der Waals surface area (Å²) in [5.41, 5.74) is 2.44. The molecule has 0 radical (unpaired) electrons. The summed E-state index contributed by atoms with van der Waals surface area (Å²) in [7, 11) is 0. The Labute approximate surface area is 128 Å². The van der Waals surface area contributed by atoms with Gasteiger partial charge in [0.15, 0.2) is 0 Å². The van der Waals surface area contributed by atoms with Gasteiger partial charge >= 0.3 is 0 Å². The van der Waals surface area contributed by atoms with E-state index < -0.39 is 0 Å². The van der Waals surface area contributed by atoms with Crippen molar-refractivity contribution in [3.8, 4) is 12.3 Å². The lowest BCUT2D eigenvalue weighted by atomic mass is 9.55. The molecule has 1 aromatic rings. The molecule has 3 rings (SSSR count). The van der Waals surface area contributed by atoms with Crippen LogP contribution in [-0.4, -0.2) is 18.8 Å². The van der Waals surface area contributed by atoms with Gasteiger partial charge in [-0.25, -0.2) is 0 Å². The van der Waals surface area contributed by atoms with Crippen LogP contribution in [0.15, 0.2) is 24.3 Å². The number of ether oxygens (including phenoxy) is 1. The third kappa shape index (κ3) is 2.68. The summed E-state index contributed by atoms with van der Waals surface area (Å²) in [5, 5.41) is 3.73.